The van der Waals surface area contributed by atoms with Crippen molar-refractivity contribution in [1.82, 2.24) is 30.0 Å². The molecule has 0 unspecified atom stereocenters. The Hall–Kier alpha value is -1.41. The molecule has 0 aliphatic carbocycles. The van der Waals surface area contributed by atoms with Gasteiger partial charge in [-0.25, -0.2) is 4.68 Å². The van der Waals surface area contributed by atoms with Gasteiger partial charge in [-0.1, -0.05) is 18.2 Å². The molecule has 3 heterocycles. The molecule has 0 bridgehead atoms. The summed E-state index contributed by atoms with van der Waals surface area (Å²) >= 11 is 1.76. The summed E-state index contributed by atoms with van der Waals surface area (Å²) in [5.41, 5.74) is 1.22. The van der Waals surface area contributed by atoms with Crippen molar-refractivity contribution in [1.29, 1.82) is 0 Å². The second-order valence-corrected chi connectivity index (χ2v) is 7.00. The van der Waals surface area contributed by atoms with E-state index in [1.807, 2.05) is 15.6 Å². The van der Waals surface area contributed by atoms with Crippen molar-refractivity contribution in [3.05, 3.63) is 18.0 Å². The molecule has 3 rings (SSSR count). The topological polar surface area (TPSA) is 70.7 Å². The number of tetrazole rings is 1. The normalized spacial score (nSPS) is 16.0. The third kappa shape index (κ3) is 4.78. The van der Waals surface area contributed by atoms with E-state index >= 15 is 0 Å². The summed E-state index contributed by atoms with van der Waals surface area (Å²) in [5, 5.41) is 17.4. The molecule has 0 spiro atoms. The SMILES string of the molecule is Cc1cnn(CCCCCSc2nnnn2C2CCOCC2)c1. The third-order valence-electron chi connectivity index (χ3n) is 4.02. The zero-order valence-corrected chi connectivity index (χ0v) is 14.4. The van der Waals surface area contributed by atoms with Gasteiger partial charge in [0, 0.05) is 31.7 Å². The van der Waals surface area contributed by atoms with Gasteiger partial charge in [0.1, 0.15) is 0 Å². The number of aryl methyl sites for hydroxylation is 2. The Kier molecular flexibility index (Phi) is 6.04. The average Bonchev–Trinajstić information content (AvgIpc) is 3.20. The van der Waals surface area contributed by atoms with Gasteiger partial charge in [-0.3, -0.25) is 4.68 Å². The van der Waals surface area contributed by atoms with Gasteiger partial charge in [0.15, 0.2) is 0 Å². The van der Waals surface area contributed by atoms with E-state index in [1.165, 1.54) is 18.4 Å². The van der Waals surface area contributed by atoms with E-state index in [1.54, 1.807) is 11.8 Å². The van der Waals surface area contributed by atoms with E-state index in [0.717, 1.165) is 49.9 Å². The summed E-state index contributed by atoms with van der Waals surface area (Å²) in [7, 11) is 0. The number of thioether (sulfide) groups is 1. The molecular formula is C15H24N6OS. The van der Waals surface area contributed by atoms with Crippen molar-refractivity contribution in [2.24, 2.45) is 0 Å². The van der Waals surface area contributed by atoms with Crippen molar-refractivity contribution in [3.63, 3.8) is 0 Å². The lowest BCUT2D eigenvalue weighted by atomic mass is 10.1. The quantitative estimate of drug-likeness (QED) is 0.545. The van der Waals surface area contributed by atoms with Crippen molar-refractivity contribution < 1.29 is 4.74 Å². The fourth-order valence-corrected chi connectivity index (χ4v) is 3.69. The molecule has 0 saturated carbocycles. The number of hydrogen-bond donors (Lipinski definition) is 0. The molecule has 7 nitrogen and oxygen atoms in total. The Bertz CT molecular complexity index is 592. The summed E-state index contributed by atoms with van der Waals surface area (Å²) in [6, 6.07) is 0.393. The summed E-state index contributed by atoms with van der Waals surface area (Å²) in [5.74, 6) is 1.06. The molecule has 2 aromatic rings. The summed E-state index contributed by atoms with van der Waals surface area (Å²) < 4.78 is 9.41. The number of nitrogens with zero attached hydrogens (tertiary/aromatic N) is 6. The van der Waals surface area contributed by atoms with Crippen molar-refractivity contribution in [2.45, 2.75) is 56.8 Å². The smallest absolute Gasteiger partial charge is 0.209 e. The molecule has 8 heteroatoms. The van der Waals surface area contributed by atoms with Gasteiger partial charge >= 0.3 is 0 Å². The van der Waals surface area contributed by atoms with Crippen LogP contribution in [0, 0.1) is 6.92 Å². The van der Waals surface area contributed by atoms with Crippen LogP contribution in [0.2, 0.25) is 0 Å². The Morgan fingerprint density at radius 2 is 2.13 bits per heavy atom. The lowest BCUT2D eigenvalue weighted by molar-refractivity contribution is 0.0631. The van der Waals surface area contributed by atoms with Crippen LogP contribution in [-0.4, -0.2) is 49.0 Å². The van der Waals surface area contributed by atoms with Gasteiger partial charge in [0.05, 0.1) is 12.2 Å². The fourth-order valence-electron chi connectivity index (χ4n) is 2.74. The van der Waals surface area contributed by atoms with E-state index in [0.29, 0.717) is 6.04 Å². The second kappa shape index (κ2) is 8.44. The van der Waals surface area contributed by atoms with E-state index in [-0.39, 0.29) is 0 Å². The zero-order valence-electron chi connectivity index (χ0n) is 13.6. The van der Waals surface area contributed by atoms with Crippen LogP contribution in [0.1, 0.15) is 43.7 Å². The third-order valence-corrected chi connectivity index (χ3v) is 5.04. The summed E-state index contributed by atoms with van der Waals surface area (Å²) in [6.45, 7) is 4.68. The van der Waals surface area contributed by atoms with Gasteiger partial charge in [0.2, 0.25) is 5.16 Å². The minimum absolute atomic E-state index is 0.393. The van der Waals surface area contributed by atoms with Crippen molar-refractivity contribution in [2.75, 3.05) is 19.0 Å². The highest BCUT2D eigenvalue weighted by Crippen LogP contribution is 2.25. The number of hydrogen-bond acceptors (Lipinski definition) is 6. The molecular weight excluding hydrogens is 312 g/mol. The van der Waals surface area contributed by atoms with Crippen molar-refractivity contribution in [3.8, 4) is 0 Å². The fraction of sp³-hybridized carbons (Fsp3) is 0.733. The van der Waals surface area contributed by atoms with Gasteiger partial charge in [-0.2, -0.15) is 5.10 Å². The molecule has 1 fully saturated rings. The Morgan fingerprint density at radius 3 is 2.91 bits per heavy atom. The van der Waals surface area contributed by atoms with Crippen LogP contribution in [0.25, 0.3) is 0 Å². The number of ether oxygens (including phenoxy) is 1. The largest absolute Gasteiger partial charge is 0.381 e. The van der Waals surface area contributed by atoms with E-state index in [2.05, 4.69) is 33.7 Å². The van der Waals surface area contributed by atoms with Crippen LogP contribution in [-0.2, 0) is 11.3 Å². The molecule has 1 aliphatic rings. The number of unbranched alkanes of at least 4 members (excludes halogenated alkanes) is 2. The second-order valence-electron chi connectivity index (χ2n) is 5.94. The van der Waals surface area contributed by atoms with Crippen LogP contribution in [0.5, 0.6) is 0 Å². The number of rotatable bonds is 8. The predicted octanol–water partition coefficient (Wildman–Crippen LogP) is 2.49. The Morgan fingerprint density at radius 1 is 1.26 bits per heavy atom. The first-order chi connectivity index (χ1) is 11.3. The van der Waals surface area contributed by atoms with Crippen LogP contribution in [0.15, 0.2) is 17.6 Å². The van der Waals surface area contributed by atoms with Gasteiger partial charge in [-0.05, 0) is 48.6 Å². The van der Waals surface area contributed by atoms with E-state index < -0.39 is 0 Å². The van der Waals surface area contributed by atoms with Gasteiger partial charge < -0.3 is 4.74 Å². The highest BCUT2D eigenvalue weighted by atomic mass is 32.2. The Balaban J connectivity index is 1.35. The molecule has 0 N–H and O–H groups in total. The maximum absolute atomic E-state index is 5.41. The molecule has 0 aromatic carbocycles. The highest BCUT2D eigenvalue weighted by Gasteiger charge is 2.20. The summed E-state index contributed by atoms with van der Waals surface area (Å²) in [4.78, 5) is 0. The maximum Gasteiger partial charge on any atom is 0.209 e. The molecule has 1 aliphatic heterocycles. The zero-order chi connectivity index (χ0) is 15.9. The maximum atomic E-state index is 5.41. The molecule has 0 atom stereocenters. The molecule has 126 valence electrons. The minimum atomic E-state index is 0.393. The Labute approximate surface area is 140 Å². The van der Waals surface area contributed by atoms with Crippen LogP contribution in [0.4, 0.5) is 0 Å². The number of aromatic nitrogens is 6. The first kappa shape index (κ1) is 16.4. The van der Waals surface area contributed by atoms with E-state index in [4.69, 9.17) is 4.74 Å². The molecule has 0 radical (unpaired) electrons. The predicted molar refractivity (Wildman–Crippen MR) is 88.4 cm³/mol. The highest BCUT2D eigenvalue weighted by molar-refractivity contribution is 7.99. The standard InChI is InChI=1S/C15H24N6OS/c1-13-11-16-20(12-13)7-3-2-4-10-23-15-17-18-19-21(15)14-5-8-22-9-6-14/h11-12,14H,2-10H2,1H3. The van der Waals surface area contributed by atoms with Crippen LogP contribution < -0.4 is 0 Å². The molecule has 23 heavy (non-hydrogen) atoms. The average molecular weight is 336 g/mol. The molecule has 1 saturated heterocycles. The summed E-state index contributed by atoms with van der Waals surface area (Å²) in [6.07, 6.45) is 9.54. The van der Waals surface area contributed by atoms with Crippen LogP contribution >= 0.6 is 11.8 Å². The van der Waals surface area contributed by atoms with Gasteiger partial charge in [-0.15, -0.1) is 5.10 Å². The lowest BCUT2D eigenvalue weighted by Crippen LogP contribution is -2.21. The molecule has 0 amide bonds. The molecule has 2 aromatic heterocycles. The lowest BCUT2D eigenvalue weighted by Gasteiger charge is -2.22. The van der Waals surface area contributed by atoms with Gasteiger partial charge in [0.25, 0.3) is 0 Å². The van der Waals surface area contributed by atoms with E-state index in [9.17, 15) is 0 Å². The van der Waals surface area contributed by atoms with Crippen molar-refractivity contribution >= 4 is 11.8 Å². The first-order valence-electron chi connectivity index (χ1n) is 8.30. The minimum Gasteiger partial charge on any atom is -0.381 e. The van der Waals surface area contributed by atoms with Crippen LogP contribution in [0.3, 0.4) is 0 Å². The monoisotopic (exact) mass is 336 g/mol. The first-order valence-corrected chi connectivity index (χ1v) is 9.29.